The van der Waals surface area contributed by atoms with Crippen LogP contribution in [0.4, 0.5) is 0 Å². The maximum atomic E-state index is 13.8. The van der Waals surface area contributed by atoms with Gasteiger partial charge < -0.3 is 5.32 Å². The first kappa shape index (κ1) is 27.7. The summed E-state index contributed by atoms with van der Waals surface area (Å²) in [6, 6.07) is 24.8. The second-order valence-electron chi connectivity index (χ2n) is 11.5. The number of allylic oxidation sites excluding steroid dienone is 1. The van der Waals surface area contributed by atoms with Gasteiger partial charge in [0.25, 0.3) is 0 Å². The summed E-state index contributed by atoms with van der Waals surface area (Å²) in [7, 11) is 0. The summed E-state index contributed by atoms with van der Waals surface area (Å²) >= 11 is 0. The van der Waals surface area contributed by atoms with Crippen molar-refractivity contribution >= 4 is 17.7 Å². The van der Waals surface area contributed by atoms with Gasteiger partial charge >= 0.3 is 0 Å². The van der Waals surface area contributed by atoms with E-state index < -0.39 is 0 Å². The zero-order valence-electron chi connectivity index (χ0n) is 24.1. The predicted molar refractivity (Wildman–Crippen MR) is 168 cm³/mol. The normalized spacial score (nSPS) is 20.6. The average Bonchev–Trinajstić information content (AvgIpc) is 3.48. The summed E-state index contributed by atoms with van der Waals surface area (Å²) in [6.07, 6.45) is 14.6. The Morgan fingerprint density at radius 3 is 2.43 bits per heavy atom. The van der Waals surface area contributed by atoms with E-state index in [1.807, 2.05) is 55.0 Å². The highest BCUT2D eigenvalue weighted by Crippen LogP contribution is 2.40. The van der Waals surface area contributed by atoms with Crippen molar-refractivity contribution in [2.75, 3.05) is 0 Å². The maximum Gasteiger partial charge on any atom is 0.228 e. The Bertz CT molecular complexity index is 1540. The van der Waals surface area contributed by atoms with E-state index in [-0.39, 0.29) is 23.8 Å². The number of amides is 1. The Balaban J connectivity index is 1.15. The Hall–Kier alpha value is -4.45. The molecule has 1 aliphatic carbocycles. The summed E-state index contributed by atoms with van der Waals surface area (Å²) in [4.78, 5) is 31.9. The van der Waals surface area contributed by atoms with Crippen molar-refractivity contribution in [2.24, 2.45) is 16.8 Å². The van der Waals surface area contributed by atoms with E-state index in [0.717, 1.165) is 71.4 Å². The first-order valence-electron chi connectivity index (χ1n) is 15.0. The van der Waals surface area contributed by atoms with Crippen molar-refractivity contribution in [1.29, 1.82) is 0 Å². The molecule has 2 atom stereocenters. The molecule has 6 rings (SSSR count). The van der Waals surface area contributed by atoms with Crippen molar-refractivity contribution in [1.82, 2.24) is 20.3 Å². The van der Waals surface area contributed by atoms with E-state index in [1.165, 1.54) is 0 Å². The van der Waals surface area contributed by atoms with E-state index in [2.05, 4.69) is 69.7 Å². The van der Waals surface area contributed by atoms with Crippen LogP contribution in [0.5, 0.6) is 0 Å². The maximum absolute atomic E-state index is 13.8. The van der Waals surface area contributed by atoms with Gasteiger partial charge in [0.2, 0.25) is 5.91 Å². The van der Waals surface area contributed by atoms with Gasteiger partial charge in [0, 0.05) is 43.3 Å². The molecule has 2 aromatic carbocycles. The van der Waals surface area contributed by atoms with Crippen molar-refractivity contribution in [3.8, 4) is 11.3 Å². The number of nitrogens with one attached hydrogen (secondary N) is 1. The molecule has 0 spiro atoms. The van der Waals surface area contributed by atoms with Crippen LogP contribution in [-0.2, 0) is 17.8 Å². The van der Waals surface area contributed by atoms with Crippen molar-refractivity contribution in [3.63, 3.8) is 0 Å². The molecular formula is C36H37N5O. The molecule has 1 aliphatic heterocycles. The molecule has 6 nitrogen and oxygen atoms in total. The Labute approximate surface area is 248 Å². The number of hydrogen-bond donors (Lipinski definition) is 1. The summed E-state index contributed by atoms with van der Waals surface area (Å²) in [5, 5.41) is 3.25. The molecule has 212 valence electrons. The van der Waals surface area contributed by atoms with Crippen molar-refractivity contribution in [2.45, 2.75) is 57.5 Å². The van der Waals surface area contributed by atoms with Crippen LogP contribution in [0.2, 0.25) is 0 Å². The highest BCUT2D eigenvalue weighted by Gasteiger charge is 2.33. The largest absolute Gasteiger partial charge is 0.351 e. The Morgan fingerprint density at radius 1 is 0.905 bits per heavy atom. The third-order valence-corrected chi connectivity index (χ3v) is 8.56. The number of hydrogen-bond acceptors (Lipinski definition) is 5. The van der Waals surface area contributed by atoms with E-state index >= 15 is 0 Å². The number of pyridine rings is 1. The monoisotopic (exact) mass is 555 g/mol. The van der Waals surface area contributed by atoms with Gasteiger partial charge in [-0.25, -0.2) is 9.97 Å². The topological polar surface area (TPSA) is 80.1 Å². The first-order valence-corrected chi connectivity index (χ1v) is 15.0. The van der Waals surface area contributed by atoms with E-state index in [1.54, 1.807) is 6.20 Å². The summed E-state index contributed by atoms with van der Waals surface area (Å²) < 4.78 is 0. The SMILES string of the molecule is CC1C=C(c2ccc(C(C(=O)NCc3ccccc3)C3CCC(Cc4nccc(-c5cccnc5)n4)CC3)cc2)C=N1. The van der Waals surface area contributed by atoms with Crippen LogP contribution in [0.1, 0.15) is 61.0 Å². The standard InChI is InChI=1S/C36H37N5O/c1-25-20-32(24-39-25)28-13-15-30(16-14-28)35(36(42)40-22-27-6-3-2-4-7-27)29-11-9-26(10-12-29)21-34-38-19-17-33(41-34)31-8-5-18-37-23-31/h2-8,13-20,23-26,29,35H,9-12,21-22H2,1H3,(H,40,42). The minimum Gasteiger partial charge on any atom is -0.351 e. The number of benzene rings is 2. The molecule has 4 aromatic rings. The van der Waals surface area contributed by atoms with Crippen LogP contribution >= 0.6 is 0 Å². The minimum absolute atomic E-state index is 0.109. The molecule has 1 amide bonds. The zero-order valence-corrected chi connectivity index (χ0v) is 24.1. The van der Waals surface area contributed by atoms with Gasteiger partial charge in [-0.1, -0.05) is 60.7 Å². The molecule has 0 bridgehead atoms. The lowest BCUT2D eigenvalue weighted by molar-refractivity contribution is -0.124. The number of rotatable bonds is 9. The molecule has 2 unspecified atom stereocenters. The lowest BCUT2D eigenvalue weighted by atomic mass is 9.72. The fourth-order valence-electron chi connectivity index (χ4n) is 6.29. The Kier molecular flexibility index (Phi) is 8.59. The highest BCUT2D eigenvalue weighted by molar-refractivity contribution is 6.11. The molecule has 1 fully saturated rings. The highest BCUT2D eigenvalue weighted by atomic mass is 16.1. The molecule has 2 aliphatic rings. The van der Waals surface area contributed by atoms with Gasteiger partial charge in [-0.2, -0.15) is 0 Å². The number of aliphatic imine (C=N–C) groups is 1. The van der Waals surface area contributed by atoms with Gasteiger partial charge in [0.05, 0.1) is 17.7 Å². The molecule has 42 heavy (non-hydrogen) atoms. The molecule has 0 radical (unpaired) electrons. The summed E-state index contributed by atoms with van der Waals surface area (Å²) in [5.74, 6) is 1.61. The molecule has 6 heteroatoms. The fourth-order valence-corrected chi connectivity index (χ4v) is 6.29. The number of aromatic nitrogens is 3. The average molecular weight is 556 g/mol. The van der Waals surface area contributed by atoms with E-state index in [0.29, 0.717) is 12.5 Å². The Morgan fingerprint density at radius 2 is 1.71 bits per heavy atom. The van der Waals surface area contributed by atoms with Crippen LogP contribution in [0.3, 0.4) is 0 Å². The smallest absolute Gasteiger partial charge is 0.228 e. The molecule has 1 N–H and O–H groups in total. The second kappa shape index (κ2) is 13.0. The lowest BCUT2D eigenvalue weighted by Crippen LogP contribution is -2.35. The van der Waals surface area contributed by atoms with Gasteiger partial charge in [-0.15, -0.1) is 0 Å². The van der Waals surface area contributed by atoms with E-state index in [4.69, 9.17) is 4.98 Å². The second-order valence-corrected chi connectivity index (χ2v) is 11.5. The summed E-state index contributed by atoms with van der Waals surface area (Å²) in [5.41, 5.74) is 6.41. The van der Waals surface area contributed by atoms with Crippen molar-refractivity contribution < 1.29 is 4.79 Å². The molecular weight excluding hydrogens is 518 g/mol. The fraction of sp³-hybridized carbons (Fsp3) is 0.306. The third kappa shape index (κ3) is 6.71. The van der Waals surface area contributed by atoms with Crippen LogP contribution in [0.15, 0.2) is 102 Å². The zero-order chi connectivity index (χ0) is 28.7. The number of carbonyl (C=O) groups excluding carboxylic acids is 1. The predicted octanol–water partition coefficient (Wildman–Crippen LogP) is 6.84. The number of carbonyl (C=O) groups is 1. The molecule has 3 heterocycles. The quantitative estimate of drug-likeness (QED) is 0.245. The van der Waals surface area contributed by atoms with Gasteiger partial charge in [0.15, 0.2) is 0 Å². The molecule has 2 aromatic heterocycles. The van der Waals surface area contributed by atoms with Crippen LogP contribution in [0, 0.1) is 11.8 Å². The van der Waals surface area contributed by atoms with Crippen molar-refractivity contribution in [3.05, 3.63) is 120 Å². The van der Waals surface area contributed by atoms with E-state index in [9.17, 15) is 4.79 Å². The number of nitrogens with zero attached hydrogens (tertiary/aromatic N) is 4. The third-order valence-electron chi connectivity index (χ3n) is 8.56. The van der Waals surface area contributed by atoms with Gasteiger partial charge in [-0.05, 0) is 84.9 Å². The van der Waals surface area contributed by atoms with Crippen LogP contribution in [-0.4, -0.2) is 33.1 Å². The van der Waals surface area contributed by atoms with Gasteiger partial charge in [-0.3, -0.25) is 14.8 Å². The van der Waals surface area contributed by atoms with Gasteiger partial charge in [0.1, 0.15) is 5.82 Å². The summed E-state index contributed by atoms with van der Waals surface area (Å²) in [6.45, 7) is 2.63. The first-order chi connectivity index (χ1) is 20.6. The minimum atomic E-state index is -0.181. The van der Waals surface area contributed by atoms with Crippen LogP contribution in [0.25, 0.3) is 16.8 Å². The lowest BCUT2D eigenvalue weighted by Gasteiger charge is -2.33. The molecule has 0 saturated heterocycles. The van der Waals surface area contributed by atoms with Crippen LogP contribution < -0.4 is 5.32 Å². The molecule has 1 saturated carbocycles.